The quantitative estimate of drug-likeness (QED) is 0.410. The van der Waals surface area contributed by atoms with Crippen LogP contribution in [0, 0.1) is 12.7 Å². The number of likely N-dealkylation sites (tertiary alicyclic amines) is 1. The number of aryl methyl sites for hydroxylation is 1. The molecule has 2 amide bonds. The molecule has 36 heavy (non-hydrogen) atoms. The number of aromatic nitrogens is 3. The molecule has 0 aliphatic carbocycles. The molecule has 9 heteroatoms. The van der Waals surface area contributed by atoms with Gasteiger partial charge in [0.1, 0.15) is 17.3 Å². The van der Waals surface area contributed by atoms with Crippen molar-refractivity contribution in [1.82, 2.24) is 24.6 Å². The number of carbonyl (C=O) groups excluding carboxylic acids is 1. The van der Waals surface area contributed by atoms with Crippen LogP contribution in [-0.4, -0.2) is 64.7 Å². The van der Waals surface area contributed by atoms with Crippen LogP contribution in [-0.2, 0) is 4.74 Å². The minimum Gasteiger partial charge on any atom is -0.383 e. The summed E-state index contributed by atoms with van der Waals surface area (Å²) in [5.41, 5.74) is 4.01. The summed E-state index contributed by atoms with van der Waals surface area (Å²) in [4.78, 5) is 24.7. The fourth-order valence-electron chi connectivity index (χ4n) is 4.81. The van der Waals surface area contributed by atoms with Crippen LogP contribution in [0.15, 0.2) is 67.0 Å². The van der Waals surface area contributed by atoms with Crippen molar-refractivity contribution < 1.29 is 13.9 Å². The molecule has 4 aromatic rings. The van der Waals surface area contributed by atoms with E-state index in [0.29, 0.717) is 30.3 Å². The number of benzene rings is 2. The molecule has 2 aromatic carbocycles. The summed E-state index contributed by atoms with van der Waals surface area (Å²) in [5, 5.41) is 6.21. The first-order valence-electron chi connectivity index (χ1n) is 12.0. The molecule has 2 atom stereocenters. The number of nitrogens with one attached hydrogen (secondary N) is 2. The van der Waals surface area contributed by atoms with Crippen molar-refractivity contribution >= 4 is 17.5 Å². The Hall–Kier alpha value is -3.82. The van der Waals surface area contributed by atoms with Gasteiger partial charge < -0.3 is 10.1 Å². The maximum Gasteiger partial charge on any atom is 0.320 e. The van der Waals surface area contributed by atoms with Gasteiger partial charge in [0.05, 0.1) is 18.3 Å². The Balaban J connectivity index is 1.41. The summed E-state index contributed by atoms with van der Waals surface area (Å²) >= 11 is 0. The summed E-state index contributed by atoms with van der Waals surface area (Å²) in [6.45, 7) is 4.66. The standard InChI is InChI=1S/C27H29FN6O2/c1-18-25-31-24(20-6-4-3-5-7-20)26(34(25)13-12-29-18)32-27(35)30-23-17-33(14-15-36-2)16-22(23)19-8-10-21(28)11-9-19/h3-13,22-23H,14-17H2,1-2H3,(H2,30,32,35)/t22-,23+/m0/s1. The second-order valence-electron chi connectivity index (χ2n) is 9.00. The minimum absolute atomic E-state index is 0.0235. The molecule has 1 fully saturated rings. The lowest BCUT2D eigenvalue weighted by atomic mass is 9.94. The van der Waals surface area contributed by atoms with Crippen LogP contribution in [0.4, 0.5) is 15.0 Å². The van der Waals surface area contributed by atoms with Gasteiger partial charge in [-0.05, 0) is 24.6 Å². The maximum atomic E-state index is 13.6. The summed E-state index contributed by atoms with van der Waals surface area (Å²) in [7, 11) is 1.67. The van der Waals surface area contributed by atoms with E-state index in [4.69, 9.17) is 9.72 Å². The van der Waals surface area contributed by atoms with Gasteiger partial charge in [-0.2, -0.15) is 0 Å². The molecule has 0 spiro atoms. The molecule has 1 aliphatic rings. The molecule has 0 radical (unpaired) electrons. The van der Waals surface area contributed by atoms with Crippen LogP contribution in [0.5, 0.6) is 0 Å². The van der Waals surface area contributed by atoms with Crippen LogP contribution in [0.25, 0.3) is 16.9 Å². The normalized spacial score (nSPS) is 18.0. The molecule has 0 saturated carbocycles. The fourth-order valence-corrected chi connectivity index (χ4v) is 4.81. The molecule has 0 unspecified atom stereocenters. The second kappa shape index (κ2) is 10.4. The average Bonchev–Trinajstić information content (AvgIpc) is 3.46. The van der Waals surface area contributed by atoms with E-state index in [-0.39, 0.29) is 23.8 Å². The summed E-state index contributed by atoms with van der Waals surface area (Å²) in [5.74, 6) is 0.322. The number of ether oxygens (including phenoxy) is 1. The molecule has 2 aromatic heterocycles. The first-order valence-corrected chi connectivity index (χ1v) is 12.0. The lowest BCUT2D eigenvalue weighted by Crippen LogP contribution is -2.42. The van der Waals surface area contributed by atoms with Crippen LogP contribution in [0.3, 0.4) is 0 Å². The molecule has 186 valence electrons. The molecular weight excluding hydrogens is 459 g/mol. The van der Waals surface area contributed by atoms with Crippen molar-refractivity contribution in [2.45, 2.75) is 18.9 Å². The minimum atomic E-state index is -0.325. The van der Waals surface area contributed by atoms with Crippen molar-refractivity contribution in [3.8, 4) is 11.3 Å². The third-order valence-corrected chi connectivity index (χ3v) is 6.62. The zero-order valence-electron chi connectivity index (χ0n) is 20.3. The Bertz CT molecular complexity index is 1340. The molecule has 3 heterocycles. The maximum absolute atomic E-state index is 13.6. The summed E-state index contributed by atoms with van der Waals surface area (Å²) in [6.07, 6.45) is 3.48. The molecule has 1 saturated heterocycles. The third-order valence-electron chi connectivity index (χ3n) is 6.62. The lowest BCUT2D eigenvalue weighted by Gasteiger charge is -2.21. The van der Waals surface area contributed by atoms with E-state index in [2.05, 4.69) is 20.5 Å². The first-order chi connectivity index (χ1) is 17.5. The molecule has 2 N–H and O–H groups in total. The highest BCUT2D eigenvalue weighted by Crippen LogP contribution is 2.31. The van der Waals surface area contributed by atoms with Crippen molar-refractivity contribution in [1.29, 1.82) is 0 Å². The Labute approximate surface area is 209 Å². The number of anilines is 1. The van der Waals surface area contributed by atoms with Gasteiger partial charge in [0.15, 0.2) is 5.65 Å². The number of methoxy groups -OCH3 is 1. The zero-order chi connectivity index (χ0) is 25.1. The predicted octanol–water partition coefficient (Wildman–Crippen LogP) is 4.08. The van der Waals surface area contributed by atoms with Crippen LogP contribution >= 0.6 is 0 Å². The molecule has 5 rings (SSSR count). The highest BCUT2D eigenvalue weighted by atomic mass is 19.1. The van der Waals surface area contributed by atoms with Gasteiger partial charge >= 0.3 is 6.03 Å². The number of fused-ring (bicyclic) bond motifs is 1. The number of hydrogen-bond donors (Lipinski definition) is 2. The monoisotopic (exact) mass is 488 g/mol. The highest BCUT2D eigenvalue weighted by Gasteiger charge is 2.35. The molecule has 8 nitrogen and oxygen atoms in total. The highest BCUT2D eigenvalue weighted by molar-refractivity contribution is 5.94. The second-order valence-corrected chi connectivity index (χ2v) is 9.00. The van der Waals surface area contributed by atoms with Gasteiger partial charge in [-0.15, -0.1) is 0 Å². The van der Waals surface area contributed by atoms with Gasteiger partial charge in [-0.25, -0.2) is 14.2 Å². The number of rotatable bonds is 7. The van der Waals surface area contributed by atoms with Crippen LogP contribution in [0.2, 0.25) is 0 Å². The van der Waals surface area contributed by atoms with E-state index in [1.165, 1.54) is 12.1 Å². The van der Waals surface area contributed by atoms with Crippen molar-refractivity contribution in [2.75, 3.05) is 38.7 Å². The smallest absolute Gasteiger partial charge is 0.320 e. The van der Waals surface area contributed by atoms with Crippen molar-refractivity contribution in [3.63, 3.8) is 0 Å². The zero-order valence-corrected chi connectivity index (χ0v) is 20.3. The summed E-state index contributed by atoms with van der Waals surface area (Å²) < 4.78 is 20.6. The van der Waals surface area contributed by atoms with Gasteiger partial charge in [-0.1, -0.05) is 42.5 Å². The van der Waals surface area contributed by atoms with E-state index in [1.807, 2.05) is 41.7 Å². The summed E-state index contributed by atoms with van der Waals surface area (Å²) in [6, 6.07) is 15.8. The number of carbonyl (C=O) groups is 1. The number of nitrogens with zero attached hydrogens (tertiary/aromatic N) is 4. The number of hydrogen-bond acceptors (Lipinski definition) is 5. The SMILES string of the molecule is COCCN1C[C@@H](NC(=O)Nc2c(-c3ccccc3)nc3c(C)nccn23)[C@H](c2ccc(F)cc2)C1. The predicted molar refractivity (Wildman–Crippen MR) is 137 cm³/mol. The first kappa shape index (κ1) is 23.9. The van der Waals surface area contributed by atoms with Crippen molar-refractivity contribution in [2.24, 2.45) is 0 Å². The van der Waals surface area contributed by atoms with Crippen LogP contribution in [0.1, 0.15) is 17.2 Å². The lowest BCUT2D eigenvalue weighted by molar-refractivity contribution is 0.159. The Morgan fingerprint density at radius 2 is 1.92 bits per heavy atom. The number of urea groups is 1. The topological polar surface area (TPSA) is 83.8 Å². The molecule has 0 bridgehead atoms. The van der Waals surface area contributed by atoms with Crippen LogP contribution < -0.4 is 10.6 Å². The van der Waals surface area contributed by atoms with E-state index in [0.717, 1.165) is 29.9 Å². The van der Waals surface area contributed by atoms with E-state index in [1.54, 1.807) is 31.6 Å². The Morgan fingerprint density at radius 3 is 2.67 bits per heavy atom. The fraction of sp³-hybridized carbons (Fsp3) is 0.296. The van der Waals surface area contributed by atoms with E-state index >= 15 is 0 Å². The number of amides is 2. The van der Waals surface area contributed by atoms with Gasteiger partial charge in [-0.3, -0.25) is 19.6 Å². The largest absolute Gasteiger partial charge is 0.383 e. The molecule has 1 aliphatic heterocycles. The van der Waals surface area contributed by atoms with Gasteiger partial charge in [0, 0.05) is 50.6 Å². The number of halogens is 1. The van der Waals surface area contributed by atoms with Crippen molar-refractivity contribution in [3.05, 3.63) is 84.1 Å². The number of imidazole rings is 1. The Kier molecular flexibility index (Phi) is 6.92. The van der Waals surface area contributed by atoms with E-state index < -0.39 is 0 Å². The Morgan fingerprint density at radius 1 is 1.14 bits per heavy atom. The van der Waals surface area contributed by atoms with E-state index in [9.17, 15) is 9.18 Å². The van der Waals surface area contributed by atoms with Gasteiger partial charge in [0.25, 0.3) is 0 Å². The van der Waals surface area contributed by atoms with Gasteiger partial charge in [0.2, 0.25) is 0 Å². The third kappa shape index (κ3) is 4.93. The average molecular weight is 489 g/mol. The molecular formula is C27H29FN6O2.